The van der Waals surface area contributed by atoms with Gasteiger partial charge in [0.25, 0.3) is 5.91 Å². The zero-order chi connectivity index (χ0) is 18.7. The van der Waals surface area contributed by atoms with Crippen LogP contribution in [0.5, 0.6) is 0 Å². The molecular formula is C19H24F2N2O3. The van der Waals surface area contributed by atoms with Crippen LogP contribution in [0.2, 0.25) is 0 Å². The molecule has 0 bridgehead atoms. The number of piperidine rings is 2. The van der Waals surface area contributed by atoms with Gasteiger partial charge in [-0.2, -0.15) is 0 Å². The molecule has 3 rings (SSSR count). The van der Waals surface area contributed by atoms with Crippen molar-refractivity contribution in [3.8, 4) is 0 Å². The molecule has 2 heterocycles. The summed E-state index contributed by atoms with van der Waals surface area (Å²) in [5.74, 6) is -1.76. The van der Waals surface area contributed by atoms with Gasteiger partial charge in [0, 0.05) is 56.8 Å². The summed E-state index contributed by atoms with van der Waals surface area (Å²) in [6, 6.07) is 2.90. The summed E-state index contributed by atoms with van der Waals surface area (Å²) in [5.41, 5.74) is -0.121. The van der Waals surface area contributed by atoms with Gasteiger partial charge in [-0.15, -0.1) is 0 Å². The van der Waals surface area contributed by atoms with Crippen molar-refractivity contribution in [3.05, 3.63) is 35.4 Å². The van der Waals surface area contributed by atoms with Crippen molar-refractivity contribution in [2.24, 2.45) is 5.41 Å². The van der Waals surface area contributed by atoms with Crippen LogP contribution in [0, 0.1) is 17.0 Å². The number of methoxy groups -OCH3 is 1. The molecule has 1 atom stereocenters. The highest BCUT2D eigenvalue weighted by atomic mass is 19.1. The standard InChI is InChI=1S/C19H24F2N2O3/c1-26-8-7-22-12-19(5-3-17(22)24)4-2-6-23(13-19)18(25)14-9-15(20)11-16(21)10-14/h9-11H,2-8,12-13H2,1H3. The second kappa shape index (κ2) is 7.70. The number of hydrogen-bond acceptors (Lipinski definition) is 3. The summed E-state index contributed by atoms with van der Waals surface area (Å²) < 4.78 is 32.0. The number of halogens is 2. The lowest BCUT2D eigenvalue weighted by atomic mass is 9.73. The lowest BCUT2D eigenvalue weighted by molar-refractivity contribution is -0.139. The number of amides is 2. The number of hydrogen-bond donors (Lipinski definition) is 0. The van der Waals surface area contributed by atoms with E-state index in [1.165, 1.54) is 0 Å². The van der Waals surface area contributed by atoms with Gasteiger partial charge in [-0.25, -0.2) is 8.78 Å². The Morgan fingerprint density at radius 2 is 1.92 bits per heavy atom. The number of benzene rings is 1. The molecule has 1 unspecified atom stereocenters. The third-order valence-electron chi connectivity index (χ3n) is 5.37. The van der Waals surface area contributed by atoms with Crippen molar-refractivity contribution < 1.29 is 23.1 Å². The maximum atomic E-state index is 13.4. The summed E-state index contributed by atoms with van der Waals surface area (Å²) in [6.07, 6.45) is 2.94. The van der Waals surface area contributed by atoms with Crippen molar-refractivity contribution in [1.82, 2.24) is 9.80 Å². The van der Waals surface area contributed by atoms with Gasteiger partial charge in [0.2, 0.25) is 5.91 Å². The fourth-order valence-electron chi connectivity index (χ4n) is 4.08. The quantitative estimate of drug-likeness (QED) is 0.823. The molecule has 0 saturated carbocycles. The van der Waals surface area contributed by atoms with Crippen LogP contribution < -0.4 is 0 Å². The Balaban J connectivity index is 1.73. The largest absolute Gasteiger partial charge is 0.383 e. The third-order valence-corrected chi connectivity index (χ3v) is 5.37. The first-order valence-corrected chi connectivity index (χ1v) is 8.95. The fraction of sp³-hybridized carbons (Fsp3) is 0.579. The van der Waals surface area contributed by atoms with E-state index >= 15 is 0 Å². The number of ether oxygens (including phenoxy) is 1. The van der Waals surface area contributed by atoms with Crippen LogP contribution in [0.15, 0.2) is 18.2 Å². The summed E-state index contributed by atoms with van der Waals surface area (Å²) in [4.78, 5) is 28.4. The number of nitrogens with zero attached hydrogens (tertiary/aromatic N) is 2. The Morgan fingerprint density at radius 1 is 1.19 bits per heavy atom. The topological polar surface area (TPSA) is 49.9 Å². The van der Waals surface area contributed by atoms with Crippen LogP contribution in [0.4, 0.5) is 8.78 Å². The van der Waals surface area contributed by atoms with E-state index in [4.69, 9.17) is 4.74 Å². The smallest absolute Gasteiger partial charge is 0.254 e. The molecule has 142 valence electrons. The Labute approximate surface area is 151 Å². The minimum atomic E-state index is -0.755. The summed E-state index contributed by atoms with van der Waals surface area (Å²) in [7, 11) is 1.60. The first-order chi connectivity index (χ1) is 12.4. The molecule has 0 N–H and O–H groups in total. The van der Waals surface area contributed by atoms with Crippen LogP contribution in [0.25, 0.3) is 0 Å². The van der Waals surface area contributed by atoms with Crippen LogP contribution in [0.1, 0.15) is 36.0 Å². The predicted octanol–water partition coefficient (Wildman–Crippen LogP) is 2.46. The molecule has 1 aromatic rings. The number of carbonyl (C=O) groups excluding carboxylic acids is 2. The predicted molar refractivity (Wildman–Crippen MR) is 91.6 cm³/mol. The summed E-state index contributed by atoms with van der Waals surface area (Å²) >= 11 is 0. The highest BCUT2D eigenvalue weighted by molar-refractivity contribution is 5.94. The van der Waals surface area contributed by atoms with Gasteiger partial charge in [0.1, 0.15) is 11.6 Å². The average molecular weight is 366 g/mol. The number of carbonyl (C=O) groups is 2. The van der Waals surface area contributed by atoms with Gasteiger partial charge in [-0.05, 0) is 31.4 Å². The minimum Gasteiger partial charge on any atom is -0.383 e. The first kappa shape index (κ1) is 18.8. The molecule has 0 radical (unpaired) electrons. The van der Waals surface area contributed by atoms with Gasteiger partial charge in [-0.1, -0.05) is 0 Å². The third kappa shape index (κ3) is 4.03. The van der Waals surface area contributed by atoms with E-state index < -0.39 is 11.6 Å². The molecule has 5 nitrogen and oxygen atoms in total. The zero-order valence-corrected chi connectivity index (χ0v) is 15.0. The first-order valence-electron chi connectivity index (χ1n) is 8.95. The Bertz CT molecular complexity index is 677. The van der Waals surface area contributed by atoms with E-state index in [0.29, 0.717) is 39.2 Å². The van der Waals surface area contributed by atoms with Crippen LogP contribution in [-0.4, -0.2) is 61.5 Å². The Morgan fingerprint density at radius 3 is 2.62 bits per heavy atom. The van der Waals surface area contributed by atoms with Crippen molar-refractivity contribution in [1.29, 1.82) is 0 Å². The maximum Gasteiger partial charge on any atom is 0.254 e. The lowest BCUT2D eigenvalue weighted by Gasteiger charge is -2.48. The summed E-state index contributed by atoms with van der Waals surface area (Å²) in [5, 5.41) is 0. The molecule has 2 amide bonds. The van der Waals surface area contributed by atoms with E-state index in [1.54, 1.807) is 12.0 Å². The second-order valence-corrected chi connectivity index (χ2v) is 7.30. The summed E-state index contributed by atoms with van der Waals surface area (Å²) in [6.45, 7) is 2.68. The highest BCUT2D eigenvalue weighted by Crippen LogP contribution is 2.39. The molecule has 0 aromatic heterocycles. The normalized spacial score (nSPS) is 23.6. The maximum absolute atomic E-state index is 13.4. The molecule has 2 saturated heterocycles. The zero-order valence-electron chi connectivity index (χ0n) is 15.0. The monoisotopic (exact) mass is 366 g/mol. The van der Waals surface area contributed by atoms with Crippen molar-refractivity contribution in [2.45, 2.75) is 25.7 Å². The molecule has 7 heteroatoms. The van der Waals surface area contributed by atoms with E-state index in [0.717, 1.165) is 37.5 Å². The van der Waals surface area contributed by atoms with Crippen LogP contribution >= 0.6 is 0 Å². The molecule has 1 aromatic carbocycles. The molecule has 2 aliphatic rings. The number of likely N-dealkylation sites (tertiary alicyclic amines) is 2. The van der Waals surface area contributed by atoms with Crippen LogP contribution in [-0.2, 0) is 9.53 Å². The van der Waals surface area contributed by atoms with Crippen molar-refractivity contribution >= 4 is 11.8 Å². The van der Waals surface area contributed by atoms with E-state index in [-0.39, 0.29) is 22.8 Å². The van der Waals surface area contributed by atoms with Gasteiger partial charge in [0.15, 0.2) is 0 Å². The van der Waals surface area contributed by atoms with Gasteiger partial charge in [-0.3, -0.25) is 9.59 Å². The van der Waals surface area contributed by atoms with Gasteiger partial charge < -0.3 is 14.5 Å². The second-order valence-electron chi connectivity index (χ2n) is 7.30. The minimum absolute atomic E-state index is 0.0303. The van der Waals surface area contributed by atoms with Crippen LogP contribution in [0.3, 0.4) is 0 Å². The Hall–Kier alpha value is -2.02. The fourth-order valence-corrected chi connectivity index (χ4v) is 4.08. The van der Waals surface area contributed by atoms with Crippen molar-refractivity contribution in [3.63, 3.8) is 0 Å². The molecular weight excluding hydrogens is 342 g/mol. The molecule has 26 heavy (non-hydrogen) atoms. The SMILES string of the molecule is COCCN1CC2(CCCN(C(=O)c3cc(F)cc(F)c3)C2)CCC1=O. The highest BCUT2D eigenvalue weighted by Gasteiger charge is 2.42. The number of rotatable bonds is 4. The molecule has 2 fully saturated rings. The van der Waals surface area contributed by atoms with E-state index in [2.05, 4.69) is 0 Å². The van der Waals surface area contributed by atoms with E-state index in [9.17, 15) is 18.4 Å². The average Bonchev–Trinajstić information content (AvgIpc) is 2.61. The van der Waals surface area contributed by atoms with Gasteiger partial charge in [0.05, 0.1) is 6.61 Å². The lowest BCUT2D eigenvalue weighted by Crippen LogP contribution is -2.55. The van der Waals surface area contributed by atoms with E-state index in [1.807, 2.05) is 4.90 Å². The molecule has 1 spiro atoms. The molecule has 0 aliphatic carbocycles. The Kier molecular flexibility index (Phi) is 5.55. The van der Waals surface area contributed by atoms with Crippen molar-refractivity contribution in [2.75, 3.05) is 39.9 Å². The molecule has 2 aliphatic heterocycles. The van der Waals surface area contributed by atoms with Gasteiger partial charge >= 0.3 is 0 Å².